The summed E-state index contributed by atoms with van der Waals surface area (Å²) in [5, 5.41) is 2.97. The largest absolute Gasteiger partial charge is 0.351 e. The summed E-state index contributed by atoms with van der Waals surface area (Å²) in [5.74, 6) is 6.49. The van der Waals surface area contributed by atoms with Crippen molar-refractivity contribution in [1.82, 2.24) is 15.0 Å². The van der Waals surface area contributed by atoms with Gasteiger partial charge in [-0.2, -0.15) is 15.0 Å². The quantitative estimate of drug-likeness (QED) is 0.475. The summed E-state index contributed by atoms with van der Waals surface area (Å²) < 4.78 is 22.6. The van der Waals surface area contributed by atoms with Crippen LogP contribution in [0.25, 0.3) is 0 Å². The summed E-state index contributed by atoms with van der Waals surface area (Å²) in [5.41, 5.74) is 2.41. The van der Waals surface area contributed by atoms with Gasteiger partial charge in [-0.1, -0.05) is 0 Å². The third kappa shape index (κ3) is 4.67. The molecule has 0 spiro atoms. The molecule has 1 unspecified atom stereocenters. The van der Waals surface area contributed by atoms with Crippen LogP contribution in [0.15, 0.2) is 0 Å². The zero-order valence-corrected chi connectivity index (χ0v) is 13.0. The van der Waals surface area contributed by atoms with Gasteiger partial charge in [-0.25, -0.2) is 14.3 Å². The third-order valence-corrected chi connectivity index (χ3v) is 4.18. The summed E-state index contributed by atoms with van der Waals surface area (Å²) in [4.78, 5) is 14.7. The molecule has 0 aliphatic carbocycles. The van der Waals surface area contributed by atoms with Gasteiger partial charge >= 0.3 is 0 Å². The first-order valence-electron chi connectivity index (χ1n) is 6.79. The SMILES string of the molecule is CC(CS(C)(=O)=O)Nc1nc(NN)nc(N2CCCC2)n1. The first kappa shape index (κ1) is 15.7. The van der Waals surface area contributed by atoms with E-state index in [4.69, 9.17) is 5.84 Å². The van der Waals surface area contributed by atoms with E-state index >= 15 is 0 Å². The summed E-state index contributed by atoms with van der Waals surface area (Å²) in [6, 6.07) is -0.306. The molecule has 1 saturated heterocycles. The number of hydrogen-bond acceptors (Lipinski definition) is 9. The lowest BCUT2D eigenvalue weighted by atomic mass is 10.4. The number of sulfone groups is 1. The second-order valence-electron chi connectivity index (χ2n) is 5.26. The predicted octanol–water partition coefficient (Wildman–Crippen LogP) is -0.398. The van der Waals surface area contributed by atoms with Crippen molar-refractivity contribution in [3.63, 3.8) is 0 Å². The average Bonchev–Trinajstić information content (AvgIpc) is 2.89. The molecule has 0 aromatic carbocycles. The van der Waals surface area contributed by atoms with Crippen LogP contribution in [-0.4, -0.2) is 54.5 Å². The van der Waals surface area contributed by atoms with E-state index in [2.05, 4.69) is 30.6 Å². The molecule has 2 heterocycles. The van der Waals surface area contributed by atoms with Crippen molar-refractivity contribution in [2.24, 2.45) is 5.84 Å². The highest BCUT2D eigenvalue weighted by atomic mass is 32.2. The summed E-state index contributed by atoms with van der Waals surface area (Å²) in [7, 11) is -3.07. The van der Waals surface area contributed by atoms with Crippen molar-refractivity contribution in [2.45, 2.75) is 25.8 Å². The van der Waals surface area contributed by atoms with E-state index in [0.29, 0.717) is 11.9 Å². The maximum Gasteiger partial charge on any atom is 0.243 e. The van der Waals surface area contributed by atoms with Gasteiger partial charge in [-0.15, -0.1) is 0 Å². The number of nitrogens with two attached hydrogens (primary N) is 1. The summed E-state index contributed by atoms with van der Waals surface area (Å²) in [6.45, 7) is 3.55. The Morgan fingerprint density at radius 2 is 1.86 bits per heavy atom. The molecule has 0 amide bonds. The Bertz CT molecular complexity index is 586. The van der Waals surface area contributed by atoms with E-state index in [0.717, 1.165) is 25.9 Å². The molecule has 0 saturated carbocycles. The summed E-state index contributed by atoms with van der Waals surface area (Å²) in [6.07, 6.45) is 3.40. The average molecular weight is 315 g/mol. The minimum atomic E-state index is -3.07. The molecular formula is C11H21N7O2S. The monoisotopic (exact) mass is 315 g/mol. The second kappa shape index (κ2) is 6.39. The third-order valence-electron chi connectivity index (χ3n) is 3.07. The van der Waals surface area contributed by atoms with Crippen LogP contribution in [0.5, 0.6) is 0 Å². The lowest BCUT2D eigenvalue weighted by Gasteiger charge is -2.18. The number of rotatable bonds is 6. The molecule has 1 aliphatic heterocycles. The molecule has 1 fully saturated rings. The van der Waals surface area contributed by atoms with Crippen molar-refractivity contribution < 1.29 is 8.42 Å². The van der Waals surface area contributed by atoms with Gasteiger partial charge in [0.1, 0.15) is 9.84 Å². The highest BCUT2D eigenvalue weighted by Crippen LogP contribution is 2.18. The zero-order chi connectivity index (χ0) is 15.5. The molecule has 1 atom stereocenters. The van der Waals surface area contributed by atoms with Gasteiger partial charge in [0.25, 0.3) is 0 Å². The molecule has 118 valence electrons. The maximum absolute atomic E-state index is 11.3. The normalized spacial score (nSPS) is 16.8. The molecular weight excluding hydrogens is 294 g/mol. The van der Waals surface area contributed by atoms with Crippen LogP contribution in [0.1, 0.15) is 19.8 Å². The number of anilines is 3. The molecule has 0 bridgehead atoms. The van der Waals surface area contributed by atoms with E-state index < -0.39 is 9.84 Å². The fourth-order valence-corrected chi connectivity index (χ4v) is 3.26. The second-order valence-corrected chi connectivity index (χ2v) is 7.44. The lowest BCUT2D eigenvalue weighted by molar-refractivity contribution is 0.597. The zero-order valence-electron chi connectivity index (χ0n) is 12.2. The van der Waals surface area contributed by atoms with Crippen molar-refractivity contribution >= 4 is 27.7 Å². The minimum absolute atomic E-state index is 0.00309. The van der Waals surface area contributed by atoms with Gasteiger partial charge in [0.2, 0.25) is 17.8 Å². The molecule has 1 aromatic rings. The fourth-order valence-electron chi connectivity index (χ4n) is 2.27. The number of aromatic nitrogens is 3. The number of nitrogens with one attached hydrogen (secondary N) is 2. The van der Waals surface area contributed by atoms with Crippen molar-refractivity contribution in [2.75, 3.05) is 40.7 Å². The molecule has 21 heavy (non-hydrogen) atoms. The highest BCUT2D eigenvalue weighted by molar-refractivity contribution is 7.90. The Kier molecular flexibility index (Phi) is 4.78. The molecule has 2 rings (SSSR count). The molecule has 10 heteroatoms. The van der Waals surface area contributed by atoms with Crippen LogP contribution in [0.4, 0.5) is 17.8 Å². The van der Waals surface area contributed by atoms with E-state index in [9.17, 15) is 8.42 Å². The predicted molar refractivity (Wildman–Crippen MR) is 81.9 cm³/mol. The van der Waals surface area contributed by atoms with E-state index in [1.165, 1.54) is 6.26 Å². The standard InChI is InChI=1S/C11H21N7O2S/c1-8(7-21(2,19)20)13-9-14-10(17-12)16-11(15-9)18-5-3-4-6-18/h8H,3-7,12H2,1-2H3,(H2,13,14,15,16,17). The van der Waals surface area contributed by atoms with Crippen molar-refractivity contribution in [3.8, 4) is 0 Å². The molecule has 9 nitrogen and oxygen atoms in total. The van der Waals surface area contributed by atoms with Crippen LogP contribution in [0.2, 0.25) is 0 Å². The Balaban J connectivity index is 2.16. The Morgan fingerprint density at radius 3 is 2.43 bits per heavy atom. The van der Waals surface area contributed by atoms with Crippen molar-refractivity contribution in [3.05, 3.63) is 0 Å². The first-order valence-corrected chi connectivity index (χ1v) is 8.85. The Hall–Kier alpha value is -1.68. The Labute approximate surface area is 124 Å². The van der Waals surface area contributed by atoms with Crippen LogP contribution in [0, 0.1) is 0 Å². The van der Waals surface area contributed by atoms with E-state index in [1.807, 2.05) is 0 Å². The van der Waals surface area contributed by atoms with Gasteiger partial charge < -0.3 is 10.2 Å². The molecule has 1 aromatic heterocycles. The fraction of sp³-hybridized carbons (Fsp3) is 0.727. The summed E-state index contributed by atoms with van der Waals surface area (Å²) >= 11 is 0. The van der Waals surface area contributed by atoms with Crippen LogP contribution < -0.4 is 21.5 Å². The van der Waals surface area contributed by atoms with Crippen LogP contribution in [0.3, 0.4) is 0 Å². The van der Waals surface area contributed by atoms with Crippen LogP contribution >= 0.6 is 0 Å². The number of hydrogen-bond donors (Lipinski definition) is 3. The lowest BCUT2D eigenvalue weighted by Crippen LogP contribution is -2.28. The number of nitrogen functional groups attached to an aromatic ring is 1. The van der Waals surface area contributed by atoms with Gasteiger partial charge in [0.15, 0.2) is 0 Å². The number of nitrogens with zero attached hydrogens (tertiary/aromatic N) is 4. The Morgan fingerprint density at radius 1 is 1.24 bits per heavy atom. The number of hydrazine groups is 1. The first-order chi connectivity index (χ1) is 9.87. The van der Waals surface area contributed by atoms with Gasteiger partial charge in [-0.3, -0.25) is 5.43 Å². The highest BCUT2D eigenvalue weighted by Gasteiger charge is 2.18. The molecule has 4 N–H and O–H groups in total. The smallest absolute Gasteiger partial charge is 0.243 e. The molecule has 1 aliphatic rings. The maximum atomic E-state index is 11.3. The van der Waals surface area contributed by atoms with Crippen LogP contribution in [-0.2, 0) is 9.84 Å². The topological polar surface area (TPSA) is 126 Å². The molecule has 0 radical (unpaired) electrons. The van der Waals surface area contributed by atoms with Crippen molar-refractivity contribution in [1.29, 1.82) is 0 Å². The van der Waals surface area contributed by atoms with E-state index in [1.54, 1.807) is 6.92 Å². The van der Waals surface area contributed by atoms with Gasteiger partial charge in [0, 0.05) is 25.4 Å². The van der Waals surface area contributed by atoms with E-state index in [-0.39, 0.29) is 17.7 Å². The minimum Gasteiger partial charge on any atom is -0.351 e. The van der Waals surface area contributed by atoms with Gasteiger partial charge in [0.05, 0.1) is 5.75 Å². The van der Waals surface area contributed by atoms with Gasteiger partial charge in [-0.05, 0) is 19.8 Å².